The molecule has 0 radical (unpaired) electrons. The molecule has 1 N–H and O–H groups in total. The number of amides is 1. The van der Waals surface area contributed by atoms with Crippen LogP contribution in [0.2, 0.25) is 0 Å². The summed E-state index contributed by atoms with van der Waals surface area (Å²) < 4.78 is 11.5. The lowest BCUT2D eigenvalue weighted by Crippen LogP contribution is -2.18. The molecule has 4 rings (SSSR count). The summed E-state index contributed by atoms with van der Waals surface area (Å²) in [6.07, 6.45) is 1.75. The summed E-state index contributed by atoms with van der Waals surface area (Å²) in [6, 6.07) is 14.3. The lowest BCUT2D eigenvalue weighted by Gasteiger charge is -2.12. The van der Waals surface area contributed by atoms with Crippen molar-refractivity contribution in [2.45, 2.75) is 18.6 Å². The number of nitrogens with zero attached hydrogens (tertiary/aromatic N) is 3. The smallest absolute Gasteiger partial charge is 0.339 e. The van der Waals surface area contributed by atoms with E-state index in [2.05, 4.69) is 46.5 Å². The number of allylic oxidation sites excluding steroid dienone is 1. The first-order chi connectivity index (χ1) is 18.9. The zero-order chi connectivity index (χ0) is 27.9. The predicted octanol–water partition coefficient (Wildman–Crippen LogP) is 5.47. The van der Waals surface area contributed by atoms with Gasteiger partial charge in [0, 0.05) is 27.9 Å². The van der Waals surface area contributed by atoms with Crippen molar-refractivity contribution in [2.24, 2.45) is 0 Å². The van der Waals surface area contributed by atoms with Gasteiger partial charge in [-0.3, -0.25) is 9.36 Å². The van der Waals surface area contributed by atoms with Crippen molar-refractivity contribution in [3.63, 3.8) is 0 Å². The molecule has 0 bridgehead atoms. The highest BCUT2D eigenvalue weighted by Gasteiger charge is 2.22. The van der Waals surface area contributed by atoms with E-state index in [1.54, 1.807) is 17.4 Å². The molecule has 11 heteroatoms. The maximum Gasteiger partial charge on any atom is 0.339 e. The number of benzene rings is 2. The first-order valence-electron chi connectivity index (χ1n) is 11.8. The summed E-state index contributed by atoms with van der Waals surface area (Å²) in [7, 11) is 2.49. The molecule has 200 valence electrons. The minimum atomic E-state index is -0.648. The molecule has 0 unspecified atom stereocenters. The number of hydrogen-bond donors (Lipinski definition) is 1. The van der Waals surface area contributed by atoms with Gasteiger partial charge in [0.15, 0.2) is 11.0 Å². The number of anilines is 1. The van der Waals surface area contributed by atoms with Crippen LogP contribution in [-0.2, 0) is 20.8 Å². The van der Waals surface area contributed by atoms with E-state index < -0.39 is 17.8 Å². The average Bonchev–Trinajstić information content (AvgIpc) is 3.54. The Kier molecular flexibility index (Phi) is 8.95. The Morgan fingerprint density at radius 2 is 1.82 bits per heavy atom. The molecule has 0 atom stereocenters. The van der Waals surface area contributed by atoms with Gasteiger partial charge in [-0.15, -0.1) is 28.1 Å². The Bertz CT molecular complexity index is 1530. The Balaban J connectivity index is 1.58. The summed E-state index contributed by atoms with van der Waals surface area (Å²) in [6.45, 7) is 6.39. The Morgan fingerprint density at radius 3 is 2.51 bits per heavy atom. The molecule has 0 aliphatic rings. The number of carbonyl (C=O) groups excluding carboxylic acids is 3. The van der Waals surface area contributed by atoms with Crippen molar-refractivity contribution in [2.75, 3.05) is 25.3 Å². The number of aromatic nitrogens is 3. The van der Waals surface area contributed by atoms with Crippen molar-refractivity contribution < 1.29 is 23.9 Å². The van der Waals surface area contributed by atoms with E-state index in [1.807, 2.05) is 22.8 Å². The summed E-state index contributed by atoms with van der Waals surface area (Å²) in [5.74, 6) is -0.991. The van der Waals surface area contributed by atoms with E-state index in [-0.39, 0.29) is 22.6 Å². The molecule has 2 heterocycles. The van der Waals surface area contributed by atoms with Crippen molar-refractivity contribution in [1.29, 1.82) is 0 Å². The van der Waals surface area contributed by atoms with Gasteiger partial charge in [0.25, 0.3) is 0 Å². The number of ether oxygens (including phenoxy) is 2. The minimum Gasteiger partial charge on any atom is -0.465 e. The quantitative estimate of drug-likeness (QED) is 0.154. The van der Waals surface area contributed by atoms with Crippen LogP contribution in [0.25, 0.3) is 22.5 Å². The number of carbonyl (C=O) groups is 3. The van der Waals surface area contributed by atoms with E-state index in [4.69, 9.17) is 9.47 Å². The van der Waals surface area contributed by atoms with E-state index in [0.29, 0.717) is 17.5 Å². The van der Waals surface area contributed by atoms with Gasteiger partial charge in [-0.25, -0.2) is 9.59 Å². The first-order valence-corrected chi connectivity index (χ1v) is 13.7. The van der Waals surface area contributed by atoms with Gasteiger partial charge in [0.2, 0.25) is 5.91 Å². The maximum atomic E-state index is 12.9. The van der Waals surface area contributed by atoms with Gasteiger partial charge < -0.3 is 14.8 Å². The van der Waals surface area contributed by atoms with Crippen LogP contribution in [0.15, 0.2) is 71.7 Å². The van der Waals surface area contributed by atoms with Crippen molar-refractivity contribution >= 4 is 46.6 Å². The fourth-order valence-electron chi connectivity index (χ4n) is 3.97. The lowest BCUT2D eigenvalue weighted by atomic mass is 10.0. The summed E-state index contributed by atoms with van der Waals surface area (Å²) >= 11 is 2.84. The summed E-state index contributed by atoms with van der Waals surface area (Å²) in [5, 5.41) is 14.1. The summed E-state index contributed by atoms with van der Waals surface area (Å²) in [5.41, 5.74) is 3.57. The Labute approximate surface area is 233 Å². The van der Waals surface area contributed by atoms with Crippen LogP contribution in [0.1, 0.15) is 25.6 Å². The molecule has 0 fully saturated rings. The topological polar surface area (TPSA) is 112 Å². The lowest BCUT2D eigenvalue weighted by molar-refractivity contribution is -0.113. The van der Waals surface area contributed by atoms with Crippen molar-refractivity contribution in [1.82, 2.24) is 14.8 Å². The zero-order valence-electron chi connectivity index (χ0n) is 21.6. The number of methoxy groups -OCH3 is 2. The molecule has 2 aromatic heterocycles. The van der Waals surface area contributed by atoms with E-state index in [9.17, 15) is 14.4 Å². The average molecular weight is 563 g/mol. The number of esters is 2. The van der Waals surface area contributed by atoms with E-state index in [1.165, 1.54) is 44.2 Å². The third kappa shape index (κ3) is 6.10. The van der Waals surface area contributed by atoms with Crippen LogP contribution in [0.5, 0.6) is 0 Å². The molecule has 4 aromatic rings. The van der Waals surface area contributed by atoms with Crippen LogP contribution in [-0.4, -0.2) is 52.6 Å². The van der Waals surface area contributed by atoms with Crippen LogP contribution in [0.3, 0.4) is 0 Å². The monoisotopic (exact) mass is 562 g/mol. The van der Waals surface area contributed by atoms with Crippen LogP contribution >= 0.6 is 23.1 Å². The number of hydrogen-bond acceptors (Lipinski definition) is 9. The molecular weight excluding hydrogens is 536 g/mol. The highest BCUT2D eigenvalue weighted by atomic mass is 32.2. The van der Waals surface area contributed by atoms with Crippen LogP contribution < -0.4 is 5.32 Å². The van der Waals surface area contributed by atoms with Crippen molar-refractivity contribution in [3.05, 3.63) is 82.6 Å². The predicted molar refractivity (Wildman–Crippen MR) is 152 cm³/mol. The number of aryl methyl sites for hydroxylation is 1. The zero-order valence-corrected chi connectivity index (χ0v) is 23.2. The van der Waals surface area contributed by atoms with Gasteiger partial charge in [0.1, 0.15) is 0 Å². The van der Waals surface area contributed by atoms with Gasteiger partial charge in [-0.1, -0.05) is 48.2 Å². The maximum absolute atomic E-state index is 12.9. The van der Waals surface area contributed by atoms with Gasteiger partial charge in [0.05, 0.1) is 36.8 Å². The van der Waals surface area contributed by atoms with Crippen LogP contribution in [0.4, 0.5) is 5.69 Å². The van der Waals surface area contributed by atoms with Gasteiger partial charge >= 0.3 is 11.9 Å². The van der Waals surface area contributed by atoms with Crippen molar-refractivity contribution in [3.8, 4) is 22.5 Å². The number of thiophene rings is 1. The molecule has 0 aliphatic heterocycles. The van der Waals surface area contributed by atoms with Gasteiger partial charge in [-0.2, -0.15) is 0 Å². The molecule has 0 spiro atoms. The molecule has 2 aromatic carbocycles. The fourth-order valence-corrected chi connectivity index (χ4v) is 5.58. The number of rotatable bonds is 10. The molecule has 9 nitrogen and oxygen atoms in total. The number of nitrogens with one attached hydrogen (secondary N) is 1. The van der Waals surface area contributed by atoms with Gasteiger partial charge in [-0.05, 0) is 30.7 Å². The third-order valence-corrected chi connectivity index (χ3v) is 7.64. The second kappa shape index (κ2) is 12.5. The largest absolute Gasteiger partial charge is 0.465 e. The number of thioether (sulfide) groups is 1. The molecular formula is C28H26N4O5S2. The Hall–Kier alpha value is -4.22. The second-order valence-electron chi connectivity index (χ2n) is 8.23. The second-order valence-corrected chi connectivity index (χ2v) is 10.3. The fraction of sp³-hybridized carbons (Fsp3) is 0.179. The standard InChI is InChI=1S/C28H26N4O5S2/c1-5-13-32-25(21-15-38-17(2)24(21)18-9-7-6-8-10-18)30-31-28(32)39-16-23(33)29-22-14-19(26(34)36-3)11-12-20(22)27(35)37-4/h5-12,14-15H,1,13,16H2,2-4H3,(H,29,33). The molecule has 0 saturated heterocycles. The third-order valence-electron chi connectivity index (χ3n) is 5.76. The highest BCUT2D eigenvalue weighted by molar-refractivity contribution is 7.99. The molecule has 0 aliphatic carbocycles. The highest BCUT2D eigenvalue weighted by Crippen LogP contribution is 2.39. The van der Waals surface area contributed by atoms with Crippen LogP contribution in [0, 0.1) is 6.92 Å². The minimum absolute atomic E-state index is 0.0213. The van der Waals surface area contributed by atoms with E-state index >= 15 is 0 Å². The molecule has 0 saturated carbocycles. The normalized spacial score (nSPS) is 10.6. The first kappa shape index (κ1) is 27.8. The summed E-state index contributed by atoms with van der Waals surface area (Å²) in [4.78, 5) is 38.2. The SMILES string of the molecule is C=CCn1c(SCC(=O)Nc2cc(C(=O)OC)ccc2C(=O)OC)nnc1-c1csc(C)c1-c1ccccc1. The Morgan fingerprint density at radius 1 is 1.08 bits per heavy atom. The molecule has 39 heavy (non-hydrogen) atoms. The van der Waals surface area contributed by atoms with E-state index in [0.717, 1.165) is 21.6 Å². The molecule has 1 amide bonds.